The van der Waals surface area contributed by atoms with Crippen LogP contribution in [0.2, 0.25) is 10.0 Å². The number of anilines is 1. The molecule has 1 spiro atoms. The van der Waals surface area contributed by atoms with Crippen molar-refractivity contribution in [2.24, 2.45) is 0 Å². The first-order chi connectivity index (χ1) is 18.0. The fraction of sp³-hybridized carbons (Fsp3) is 0.276. The van der Waals surface area contributed by atoms with Crippen LogP contribution in [0.3, 0.4) is 0 Å². The first kappa shape index (κ1) is 26.2. The molecule has 0 radical (unpaired) electrons. The Morgan fingerprint density at radius 2 is 1.82 bits per heavy atom. The highest BCUT2D eigenvalue weighted by Crippen LogP contribution is 2.60. The number of likely N-dealkylation sites (tertiary alicyclic amines) is 1. The molecule has 0 unspecified atom stereocenters. The van der Waals surface area contributed by atoms with Crippen LogP contribution in [-0.2, 0) is 19.8 Å². The van der Waals surface area contributed by atoms with Gasteiger partial charge < -0.3 is 15.1 Å². The minimum Gasteiger partial charge on any atom is -0.347 e. The van der Waals surface area contributed by atoms with Gasteiger partial charge in [0.2, 0.25) is 17.7 Å². The highest BCUT2D eigenvalue weighted by molar-refractivity contribution is 6.31. The van der Waals surface area contributed by atoms with Crippen LogP contribution < -0.4 is 5.32 Å². The number of piperidine rings is 1. The molecule has 196 valence electrons. The number of nitrogens with zero attached hydrogens (tertiary/aromatic N) is 2. The third-order valence-corrected chi connectivity index (χ3v) is 8.10. The van der Waals surface area contributed by atoms with Crippen LogP contribution in [0.1, 0.15) is 40.6 Å². The fourth-order valence-corrected chi connectivity index (χ4v) is 6.28. The molecule has 38 heavy (non-hydrogen) atoms. The fourth-order valence-electron chi connectivity index (χ4n) is 5.91. The molecule has 0 aliphatic carbocycles. The predicted molar refractivity (Wildman–Crippen MR) is 145 cm³/mol. The van der Waals surface area contributed by atoms with Crippen molar-refractivity contribution in [3.63, 3.8) is 0 Å². The molecule has 0 aromatic heterocycles. The summed E-state index contributed by atoms with van der Waals surface area (Å²) in [6.45, 7) is 1.59. The van der Waals surface area contributed by atoms with E-state index in [0.29, 0.717) is 32.4 Å². The van der Waals surface area contributed by atoms with Gasteiger partial charge in [-0.3, -0.25) is 14.4 Å². The van der Waals surface area contributed by atoms with E-state index in [2.05, 4.69) is 5.32 Å². The Morgan fingerprint density at radius 3 is 2.53 bits per heavy atom. The maximum Gasteiger partial charge on any atom is 0.241 e. The van der Waals surface area contributed by atoms with Crippen molar-refractivity contribution in [3.8, 4) is 0 Å². The highest BCUT2D eigenvalue weighted by Gasteiger charge is 2.63. The summed E-state index contributed by atoms with van der Waals surface area (Å²) in [6.07, 6.45) is -0.0996. The molecule has 1 N–H and O–H groups in total. The van der Waals surface area contributed by atoms with Gasteiger partial charge in [0, 0.05) is 42.2 Å². The molecule has 3 atom stereocenters. The molecule has 3 aromatic carbocycles. The summed E-state index contributed by atoms with van der Waals surface area (Å²) >= 11 is 12.7. The first-order valence-electron chi connectivity index (χ1n) is 12.2. The monoisotopic (exact) mass is 553 g/mol. The number of nitrogens with one attached hydrogen (secondary N) is 1. The number of likely N-dealkylation sites (N-methyl/N-ethyl adjacent to an activating group) is 1. The molecule has 0 saturated carbocycles. The van der Waals surface area contributed by atoms with Crippen molar-refractivity contribution >= 4 is 46.6 Å². The number of hydrogen-bond donors (Lipinski definition) is 1. The third kappa shape index (κ3) is 4.14. The topological polar surface area (TPSA) is 69.7 Å². The molecular weight excluding hydrogens is 528 g/mol. The lowest BCUT2D eigenvalue weighted by Gasteiger charge is -2.51. The van der Waals surface area contributed by atoms with Gasteiger partial charge in [-0.1, -0.05) is 47.5 Å². The molecular formula is C29H26Cl2FN3O3. The Kier molecular flexibility index (Phi) is 6.70. The molecule has 2 aliphatic rings. The number of hydrogen-bond acceptors (Lipinski definition) is 3. The number of halogens is 3. The average molecular weight is 554 g/mol. The average Bonchev–Trinajstić information content (AvgIpc) is 3.13. The van der Waals surface area contributed by atoms with Crippen LogP contribution in [0, 0.1) is 12.7 Å². The maximum atomic E-state index is 14.7. The van der Waals surface area contributed by atoms with E-state index >= 15 is 0 Å². The Labute approximate surface area is 230 Å². The summed E-state index contributed by atoms with van der Waals surface area (Å²) in [5, 5.41) is 3.83. The van der Waals surface area contributed by atoms with Crippen LogP contribution in [-0.4, -0.2) is 48.2 Å². The van der Waals surface area contributed by atoms with Crippen LogP contribution in [0.25, 0.3) is 0 Å². The minimum absolute atomic E-state index is 0.0996. The Morgan fingerprint density at radius 1 is 1.08 bits per heavy atom. The van der Waals surface area contributed by atoms with Crippen LogP contribution >= 0.6 is 23.2 Å². The summed E-state index contributed by atoms with van der Waals surface area (Å²) in [5.74, 6) is -2.17. The zero-order chi connectivity index (χ0) is 27.4. The summed E-state index contributed by atoms with van der Waals surface area (Å²) in [6, 6.07) is 15.6. The van der Waals surface area contributed by atoms with Gasteiger partial charge in [-0.05, 0) is 65.6 Å². The number of aryl methyl sites for hydroxylation is 1. The standard InChI is InChI=1S/C29H26Cl2FN3O3/c1-16-7-9-20(32)13-21(16)23-14-25(36)35(15-26(37)34(2)3)27(17-5-4-6-18(30)11-17)29(23)22-10-8-19(31)12-24(22)33-28(29)38/h4-13,23,27H,14-15H2,1-3H3,(H,33,38)/t23-,27+,29-/m1/s1. The van der Waals surface area contributed by atoms with Gasteiger partial charge in [0.1, 0.15) is 17.8 Å². The smallest absolute Gasteiger partial charge is 0.241 e. The third-order valence-electron chi connectivity index (χ3n) is 7.63. The maximum absolute atomic E-state index is 14.7. The molecule has 9 heteroatoms. The molecule has 3 amide bonds. The second kappa shape index (κ2) is 9.71. The van der Waals surface area contributed by atoms with E-state index in [0.717, 1.165) is 5.56 Å². The lowest BCUT2D eigenvalue weighted by molar-refractivity contribution is -0.150. The van der Waals surface area contributed by atoms with Gasteiger partial charge >= 0.3 is 0 Å². The number of fused-ring (bicyclic) bond motifs is 2. The van der Waals surface area contributed by atoms with Crippen molar-refractivity contribution in [1.29, 1.82) is 0 Å². The second-order valence-corrected chi connectivity index (χ2v) is 10.9. The lowest BCUT2D eigenvalue weighted by atomic mass is 9.58. The molecule has 0 bridgehead atoms. The van der Waals surface area contributed by atoms with E-state index < -0.39 is 23.2 Å². The van der Waals surface area contributed by atoms with E-state index in [1.54, 1.807) is 62.6 Å². The number of carbonyl (C=O) groups is 3. The Balaban J connectivity index is 1.86. The summed E-state index contributed by atoms with van der Waals surface area (Å²) in [4.78, 5) is 44.0. The molecule has 6 nitrogen and oxygen atoms in total. The summed E-state index contributed by atoms with van der Waals surface area (Å²) in [7, 11) is 3.22. The number of carbonyl (C=O) groups excluding carboxylic acids is 3. The molecule has 3 aromatic rings. The molecule has 2 aliphatic heterocycles. The van der Waals surface area contributed by atoms with Gasteiger partial charge in [-0.2, -0.15) is 0 Å². The first-order valence-corrected chi connectivity index (χ1v) is 12.9. The van der Waals surface area contributed by atoms with Crippen molar-refractivity contribution in [3.05, 3.63) is 98.8 Å². The van der Waals surface area contributed by atoms with Gasteiger partial charge in [0.25, 0.3) is 0 Å². The highest BCUT2D eigenvalue weighted by atomic mass is 35.5. The quantitative estimate of drug-likeness (QED) is 0.465. The predicted octanol–water partition coefficient (Wildman–Crippen LogP) is 5.48. The van der Waals surface area contributed by atoms with Crippen molar-refractivity contribution in [2.45, 2.75) is 30.7 Å². The van der Waals surface area contributed by atoms with Gasteiger partial charge in [0.15, 0.2) is 0 Å². The van der Waals surface area contributed by atoms with Crippen LogP contribution in [0.4, 0.5) is 10.1 Å². The Hall–Kier alpha value is -3.42. The molecule has 1 saturated heterocycles. The van der Waals surface area contributed by atoms with Crippen molar-refractivity contribution in [2.75, 3.05) is 26.0 Å². The Bertz CT molecular complexity index is 1480. The van der Waals surface area contributed by atoms with Crippen molar-refractivity contribution < 1.29 is 18.8 Å². The zero-order valence-corrected chi connectivity index (χ0v) is 22.6. The lowest BCUT2D eigenvalue weighted by Crippen LogP contribution is -2.59. The normalized spacial score (nSPS) is 22.4. The van der Waals surface area contributed by atoms with E-state index in [4.69, 9.17) is 23.2 Å². The molecule has 2 heterocycles. The summed E-state index contributed by atoms with van der Waals surface area (Å²) in [5.41, 5.74) is 1.64. The number of benzene rings is 3. The van der Waals surface area contributed by atoms with Crippen molar-refractivity contribution in [1.82, 2.24) is 9.80 Å². The van der Waals surface area contributed by atoms with E-state index in [-0.39, 0.29) is 30.7 Å². The number of amides is 3. The van der Waals surface area contributed by atoms with E-state index in [1.807, 2.05) is 6.92 Å². The molecule has 1 fully saturated rings. The summed E-state index contributed by atoms with van der Waals surface area (Å²) < 4.78 is 14.7. The van der Waals surface area contributed by atoms with Gasteiger partial charge in [-0.25, -0.2) is 4.39 Å². The van der Waals surface area contributed by atoms with Crippen LogP contribution in [0.5, 0.6) is 0 Å². The zero-order valence-electron chi connectivity index (χ0n) is 21.1. The number of rotatable bonds is 4. The largest absolute Gasteiger partial charge is 0.347 e. The van der Waals surface area contributed by atoms with Gasteiger partial charge in [0.05, 0.1) is 6.04 Å². The van der Waals surface area contributed by atoms with Gasteiger partial charge in [-0.15, -0.1) is 0 Å². The molecule has 5 rings (SSSR count). The second-order valence-electron chi connectivity index (χ2n) is 10.0. The van der Waals surface area contributed by atoms with Crippen LogP contribution in [0.15, 0.2) is 60.7 Å². The SMILES string of the molecule is Cc1ccc(F)cc1[C@H]1CC(=O)N(CC(=O)N(C)C)[C@@H](c2cccc(Cl)c2)[C@]12C(=O)Nc1cc(Cl)ccc12. The van der Waals surface area contributed by atoms with E-state index in [1.165, 1.54) is 21.9 Å². The minimum atomic E-state index is -1.40. The van der Waals surface area contributed by atoms with E-state index in [9.17, 15) is 18.8 Å².